The molecule has 0 aliphatic carbocycles. The minimum Gasteiger partial charge on any atom is -0.489 e. The van der Waals surface area contributed by atoms with Crippen LogP contribution in [0.25, 0.3) is 10.9 Å². The summed E-state index contributed by atoms with van der Waals surface area (Å²) in [5, 5.41) is 1.10. The molecule has 1 aromatic heterocycles. The number of pyridine rings is 1. The maximum atomic E-state index is 5.85. The number of hydrogen-bond donors (Lipinski definition) is 0. The molecule has 2 aromatic carbocycles. The minimum absolute atomic E-state index is 0.596. The van der Waals surface area contributed by atoms with E-state index in [4.69, 9.17) is 4.74 Å². The van der Waals surface area contributed by atoms with Crippen LogP contribution in [0.5, 0.6) is 5.75 Å². The Morgan fingerprint density at radius 1 is 1.00 bits per heavy atom. The van der Waals surface area contributed by atoms with Crippen molar-refractivity contribution in [1.29, 1.82) is 0 Å². The first-order valence-corrected chi connectivity index (χ1v) is 6.35. The van der Waals surface area contributed by atoms with Crippen LogP contribution in [0.15, 0.2) is 60.8 Å². The number of nitrogens with zero attached hydrogens (tertiary/aromatic N) is 1. The summed E-state index contributed by atoms with van der Waals surface area (Å²) in [6, 6.07) is 18.2. The van der Waals surface area contributed by atoms with Crippen LogP contribution in [0.1, 0.15) is 11.1 Å². The summed E-state index contributed by atoms with van der Waals surface area (Å²) < 4.78 is 5.85. The van der Waals surface area contributed by atoms with E-state index in [1.54, 1.807) is 6.20 Å². The molecule has 0 unspecified atom stereocenters. The minimum atomic E-state index is 0.596. The average Bonchev–Trinajstić information content (AvgIpc) is 2.46. The van der Waals surface area contributed by atoms with E-state index in [1.807, 2.05) is 42.5 Å². The van der Waals surface area contributed by atoms with E-state index in [0.29, 0.717) is 6.61 Å². The summed E-state index contributed by atoms with van der Waals surface area (Å²) >= 11 is 0. The zero-order valence-corrected chi connectivity index (χ0v) is 10.8. The van der Waals surface area contributed by atoms with Gasteiger partial charge in [0.15, 0.2) is 0 Å². The van der Waals surface area contributed by atoms with E-state index < -0.39 is 0 Å². The predicted octanol–water partition coefficient (Wildman–Crippen LogP) is 4.12. The lowest BCUT2D eigenvalue weighted by Crippen LogP contribution is -1.97. The number of benzene rings is 2. The van der Waals surface area contributed by atoms with Crippen LogP contribution in [-0.2, 0) is 6.61 Å². The van der Waals surface area contributed by atoms with Crippen molar-refractivity contribution in [3.8, 4) is 5.75 Å². The van der Waals surface area contributed by atoms with Gasteiger partial charge in [-0.15, -0.1) is 0 Å². The summed E-state index contributed by atoms with van der Waals surface area (Å²) in [5.74, 6) is 0.878. The molecule has 0 fully saturated rings. The van der Waals surface area contributed by atoms with Gasteiger partial charge in [-0.3, -0.25) is 4.98 Å². The Kier molecular flexibility index (Phi) is 3.15. The van der Waals surface area contributed by atoms with Gasteiger partial charge < -0.3 is 4.74 Å². The summed E-state index contributed by atoms with van der Waals surface area (Å²) in [6.07, 6.45) is 1.80. The maximum Gasteiger partial charge on any atom is 0.120 e. The number of aryl methyl sites for hydroxylation is 1. The molecule has 0 saturated carbocycles. The van der Waals surface area contributed by atoms with Gasteiger partial charge in [0.2, 0.25) is 0 Å². The molecular formula is C17H15NO. The third-order valence-corrected chi connectivity index (χ3v) is 3.23. The van der Waals surface area contributed by atoms with Gasteiger partial charge in [-0.05, 0) is 42.3 Å². The van der Waals surface area contributed by atoms with E-state index >= 15 is 0 Å². The molecule has 0 atom stereocenters. The molecule has 3 rings (SSSR count). The second-order valence-corrected chi connectivity index (χ2v) is 4.57. The van der Waals surface area contributed by atoms with E-state index in [-0.39, 0.29) is 0 Å². The second-order valence-electron chi connectivity index (χ2n) is 4.57. The Bertz CT molecular complexity index is 706. The van der Waals surface area contributed by atoms with Crippen LogP contribution >= 0.6 is 0 Å². The predicted molar refractivity (Wildman–Crippen MR) is 77.3 cm³/mol. The van der Waals surface area contributed by atoms with Gasteiger partial charge in [0.25, 0.3) is 0 Å². The number of rotatable bonds is 3. The highest BCUT2D eigenvalue weighted by atomic mass is 16.5. The lowest BCUT2D eigenvalue weighted by molar-refractivity contribution is 0.306. The number of hydrogen-bond acceptors (Lipinski definition) is 2. The first-order chi connectivity index (χ1) is 9.33. The molecule has 3 aromatic rings. The molecule has 1 heterocycles. The van der Waals surface area contributed by atoms with Gasteiger partial charge in [0, 0.05) is 11.6 Å². The lowest BCUT2D eigenvalue weighted by atomic mass is 10.1. The molecule has 19 heavy (non-hydrogen) atoms. The van der Waals surface area contributed by atoms with Crippen molar-refractivity contribution in [2.45, 2.75) is 13.5 Å². The highest BCUT2D eigenvalue weighted by Gasteiger charge is 2.00. The van der Waals surface area contributed by atoms with Gasteiger partial charge in [0.1, 0.15) is 12.4 Å². The van der Waals surface area contributed by atoms with Crippen molar-refractivity contribution in [2.75, 3.05) is 0 Å². The van der Waals surface area contributed by atoms with Crippen LogP contribution < -0.4 is 4.74 Å². The Balaban J connectivity index is 1.80. The van der Waals surface area contributed by atoms with Crippen molar-refractivity contribution >= 4 is 10.9 Å². The van der Waals surface area contributed by atoms with Gasteiger partial charge >= 0.3 is 0 Å². The smallest absolute Gasteiger partial charge is 0.120 e. The SMILES string of the molecule is Cc1ccccc1COc1ccc2ncccc2c1. The van der Waals surface area contributed by atoms with Crippen LogP contribution in [0.4, 0.5) is 0 Å². The van der Waals surface area contributed by atoms with Crippen molar-refractivity contribution in [2.24, 2.45) is 0 Å². The average molecular weight is 249 g/mol. The van der Waals surface area contributed by atoms with Crippen molar-refractivity contribution in [3.63, 3.8) is 0 Å². The Hall–Kier alpha value is -2.35. The van der Waals surface area contributed by atoms with Crippen LogP contribution in [0.3, 0.4) is 0 Å². The van der Waals surface area contributed by atoms with Crippen LogP contribution in [-0.4, -0.2) is 4.98 Å². The molecule has 0 aliphatic rings. The fraction of sp³-hybridized carbons (Fsp3) is 0.118. The molecule has 0 bridgehead atoms. The Labute approximate surface area is 112 Å². The molecule has 2 heteroatoms. The van der Waals surface area contributed by atoms with Gasteiger partial charge in [-0.2, -0.15) is 0 Å². The molecule has 2 nitrogen and oxygen atoms in total. The second kappa shape index (κ2) is 5.11. The molecule has 0 spiro atoms. The molecule has 0 aliphatic heterocycles. The Morgan fingerprint density at radius 2 is 1.89 bits per heavy atom. The van der Waals surface area contributed by atoms with Gasteiger partial charge in [-0.1, -0.05) is 30.3 Å². The molecular weight excluding hydrogens is 234 g/mol. The standard InChI is InChI=1S/C17H15NO/c1-13-5-2-3-6-15(13)12-19-16-8-9-17-14(11-16)7-4-10-18-17/h2-11H,12H2,1H3. The van der Waals surface area contributed by atoms with Gasteiger partial charge in [0.05, 0.1) is 5.52 Å². The Morgan fingerprint density at radius 3 is 2.79 bits per heavy atom. The first-order valence-electron chi connectivity index (χ1n) is 6.35. The molecule has 94 valence electrons. The molecule has 0 saturated heterocycles. The van der Waals surface area contributed by atoms with E-state index in [2.05, 4.69) is 24.0 Å². The largest absolute Gasteiger partial charge is 0.489 e. The maximum absolute atomic E-state index is 5.85. The zero-order valence-electron chi connectivity index (χ0n) is 10.8. The van der Waals surface area contributed by atoms with E-state index in [9.17, 15) is 0 Å². The first kappa shape index (κ1) is 11.7. The van der Waals surface area contributed by atoms with E-state index in [1.165, 1.54) is 11.1 Å². The van der Waals surface area contributed by atoms with Crippen LogP contribution in [0.2, 0.25) is 0 Å². The fourth-order valence-electron chi connectivity index (χ4n) is 2.08. The lowest BCUT2D eigenvalue weighted by Gasteiger charge is -2.09. The van der Waals surface area contributed by atoms with E-state index in [0.717, 1.165) is 16.7 Å². The van der Waals surface area contributed by atoms with Crippen LogP contribution in [0, 0.1) is 6.92 Å². The van der Waals surface area contributed by atoms with Crippen molar-refractivity contribution in [1.82, 2.24) is 4.98 Å². The highest BCUT2D eigenvalue weighted by molar-refractivity contribution is 5.79. The normalized spacial score (nSPS) is 10.6. The summed E-state index contributed by atoms with van der Waals surface area (Å²) in [7, 11) is 0. The topological polar surface area (TPSA) is 22.1 Å². The highest BCUT2D eigenvalue weighted by Crippen LogP contribution is 2.20. The third-order valence-electron chi connectivity index (χ3n) is 3.23. The quantitative estimate of drug-likeness (QED) is 0.696. The molecule has 0 radical (unpaired) electrons. The van der Waals surface area contributed by atoms with Crippen molar-refractivity contribution < 1.29 is 4.74 Å². The van der Waals surface area contributed by atoms with Gasteiger partial charge in [-0.25, -0.2) is 0 Å². The monoisotopic (exact) mass is 249 g/mol. The van der Waals surface area contributed by atoms with Crippen molar-refractivity contribution in [3.05, 3.63) is 71.9 Å². The fourth-order valence-corrected chi connectivity index (χ4v) is 2.08. The summed E-state index contributed by atoms with van der Waals surface area (Å²) in [6.45, 7) is 2.70. The number of fused-ring (bicyclic) bond motifs is 1. The number of aromatic nitrogens is 1. The molecule has 0 amide bonds. The summed E-state index contributed by atoms with van der Waals surface area (Å²) in [4.78, 5) is 4.30. The molecule has 0 N–H and O–H groups in total. The third kappa shape index (κ3) is 2.58. The summed E-state index contributed by atoms with van der Waals surface area (Å²) in [5.41, 5.74) is 3.46. The zero-order chi connectivity index (χ0) is 13.1. The number of ether oxygens (including phenoxy) is 1.